The van der Waals surface area contributed by atoms with Crippen LogP contribution in [0.4, 0.5) is 0 Å². The SMILES string of the molecule is CC(=C(C#N)C(=N)C(C#N)C#N)c1ccccc1. The molecule has 1 N–H and O–H groups in total. The van der Waals surface area contributed by atoms with Crippen molar-refractivity contribution in [3.05, 3.63) is 41.5 Å². The molecule has 0 aliphatic carbocycles. The second-order valence-electron chi connectivity index (χ2n) is 3.58. The highest BCUT2D eigenvalue weighted by Crippen LogP contribution is 2.20. The van der Waals surface area contributed by atoms with Crippen LogP contribution in [-0.2, 0) is 0 Å². The third-order valence-electron chi connectivity index (χ3n) is 2.51. The predicted molar refractivity (Wildman–Crippen MR) is 67.1 cm³/mol. The van der Waals surface area contributed by atoms with E-state index in [4.69, 9.17) is 21.2 Å². The van der Waals surface area contributed by atoms with Crippen LogP contribution in [0, 0.1) is 45.3 Å². The minimum atomic E-state index is -1.21. The summed E-state index contributed by atoms with van der Waals surface area (Å²) in [6.45, 7) is 1.70. The van der Waals surface area contributed by atoms with Gasteiger partial charge in [0.15, 0.2) is 5.92 Å². The van der Waals surface area contributed by atoms with Crippen molar-refractivity contribution in [3.8, 4) is 18.2 Å². The maximum atomic E-state index is 9.10. The van der Waals surface area contributed by atoms with Crippen molar-refractivity contribution in [2.45, 2.75) is 6.92 Å². The monoisotopic (exact) mass is 234 g/mol. The van der Waals surface area contributed by atoms with Crippen LogP contribution < -0.4 is 0 Å². The fourth-order valence-corrected chi connectivity index (χ4v) is 1.48. The first-order valence-electron chi connectivity index (χ1n) is 5.20. The second-order valence-corrected chi connectivity index (χ2v) is 3.58. The van der Waals surface area contributed by atoms with Gasteiger partial charge in [-0.2, -0.15) is 15.8 Å². The molecule has 1 aromatic carbocycles. The minimum Gasteiger partial charge on any atom is -0.301 e. The molecule has 1 aromatic rings. The normalized spacial score (nSPS) is 10.8. The second kappa shape index (κ2) is 5.99. The van der Waals surface area contributed by atoms with Crippen molar-refractivity contribution in [1.82, 2.24) is 0 Å². The molecule has 1 rings (SSSR count). The molecule has 0 aromatic heterocycles. The van der Waals surface area contributed by atoms with Crippen LogP contribution >= 0.6 is 0 Å². The largest absolute Gasteiger partial charge is 0.301 e. The van der Waals surface area contributed by atoms with Gasteiger partial charge < -0.3 is 5.41 Å². The standard InChI is InChI=1S/C14H10N4/c1-10(11-5-3-2-4-6-11)13(9-17)14(18)12(7-15)8-16/h2-6,12,18H,1H3. The van der Waals surface area contributed by atoms with E-state index in [1.807, 2.05) is 36.4 Å². The Balaban J connectivity index is 3.28. The predicted octanol–water partition coefficient (Wildman–Crippen LogP) is 2.67. The van der Waals surface area contributed by atoms with Crippen LogP contribution in [0.1, 0.15) is 12.5 Å². The molecule has 0 aliphatic heterocycles. The summed E-state index contributed by atoms with van der Waals surface area (Å²) in [5.74, 6) is -1.21. The summed E-state index contributed by atoms with van der Waals surface area (Å²) in [4.78, 5) is 0. The topological polar surface area (TPSA) is 95.2 Å². The highest BCUT2D eigenvalue weighted by Gasteiger charge is 2.19. The number of nitriles is 3. The molecule has 0 heterocycles. The van der Waals surface area contributed by atoms with Crippen molar-refractivity contribution in [1.29, 1.82) is 21.2 Å². The average molecular weight is 234 g/mol. The first kappa shape index (κ1) is 13.2. The van der Waals surface area contributed by atoms with Crippen molar-refractivity contribution in [2.75, 3.05) is 0 Å². The van der Waals surface area contributed by atoms with E-state index in [1.165, 1.54) is 0 Å². The van der Waals surface area contributed by atoms with Crippen molar-refractivity contribution >= 4 is 11.3 Å². The van der Waals surface area contributed by atoms with E-state index in [1.54, 1.807) is 19.1 Å². The third-order valence-corrected chi connectivity index (χ3v) is 2.51. The molecule has 0 unspecified atom stereocenters. The van der Waals surface area contributed by atoms with Crippen LogP contribution in [-0.4, -0.2) is 5.71 Å². The number of nitrogens with zero attached hydrogens (tertiary/aromatic N) is 3. The van der Waals surface area contributed by atoms with Crippen molar-refractivity contribution in [3.63, 3.8) is 0 Å². The van der Waals surface area contributed by atoms with Crippen LogP contribution in [0.3, 0.4) is 0 Å². The lowest BCUT2D eigenvalue weighted by Gasteiger charge is -2.07. The van der Waals surface area contributed by atoms with E-state index in [2.05, 4.69) is 0 Å². The zero-order chi connectivity index (χ0) is 13.5. The summed E-state index contributed by atoms with van der Waals surface area (Å²) >= 11 is 0. The summed E-state index contributed by atoms with van der Waals surface area (Å²) in [5, 5.41) is 34.4. The van der Waals surface area contributed by atoms with Gasteiger partial charge in [0.25, 0.3) is 0 Å². The Labute approximate surface area is 106 Å². The molecule has 4 heteroatoms. The Kier molecular flexibility index (Phi) is 4.38. The molecule has 0 aliphatic rings. The van der Waals surface area contributed by atoms with Gasteiger partial charge in [-0.3, -0.25) is 0 Å². The van der Waals surface area contributed by atoms with Crippen molar-refractivity contribution in [2.24, 2.45) is 5.92 Å². The van der Waals surface area contributed by atoms with Gasteiger partial charge in [-0.1, -0.05) is 30.3 Å². The van der Waals surface area contributed by atoms with Crippen LogP contribution in [0.15, 0.2) is 35.9 Å². The fraction of sp³-hybridized carbons (Fsp3) is 0.143. The fourth-order valence-electron chi connectivity index (χ4n) is 1.48. The highest BCUT2D eigenvalue weighted by atomic mass is 14.5. The van der Waals surface area contributed by atoms with Gasteiger partial charge in [0.2, 0.25) is 0 Å². The number of rotatable bonds is 3. The molecule has 18 heavy (non-hydrogen) atoms. The molecule has 0 bridgehead atoms. The smallest absolute Gasteiger partial charge is 0.175 e. The molecule has 86 valence electrons. The number of hydrogen-bond acceptors (Lipinski definition) is 4. The van der Waals surface area contributed by atoms with Crippen LogP contribution in [0.5, 0.6) is 0 Å². The first-order valence-corrected chi connectivity index (χ1v) is 5.20. The van der Waals surface area contributed by atoms with Crippen LogP contribution in [0.2, 0.25) is 0 Å². The summed E-state index contributed by atoms with van der Waals surface area (Å²) in [7, 11) is 0. The average Bonchev–Trinajstić information content (AvgIpc) is 2.42. The van der Waals surface area contributed by atoms with E-state index >= 15 is 0 Å². The van der Waals surface area contributed by atoms with Gasteiger partial charge in [0.05, 0.1) is 23.4 Å². The molecule has 0 atom stereocenters. The summed E-state index contributed by atoms with van der Waals surface area (Å²) in [5.41, 5.74) is 1.23. The van der Waals surface area contributed by atoms with Gasteiger partial charge in [-0.25, -0.2) is 0 Å². The zero-order valence-corrected chi connectivity index (χ0v) is 9.81. The van der Waals surface area contributed by atoms with Gasteiger partial charge in [-0.05, 0) is 18.1 Å². The molecular weight excluding hydrogens is 224 g/mol. The van der Waals surface area contributed by atoms with E-state index in [0.29, 0.717) is 5.57 Å². The Hall–Kier alpha value is -2.90. The molecule has 0 amide bonds. The number of hydrogen-bond donors (Lipinski definition) is 1. The van der Waals surface area contributed by atoms with Gasteiger partial charge in [-0.15, -0.1) is 0 Å². The van der Waals surface area contributed by atoms with Crippen LogP contribution in [0.25, 0.3) is 5.57 Å². The van der Waals surface area contributed by atoms with Gasteiger partial charge in [0.1, 0.15) is 6.07 Å². The molecular formula is C14H10N4. The number of nitrogens with one attached hydrogen (secondary N) is 1. The molecule has 0 spiro atoms. The molecule has 0 saturated carbocycles. The number of benzene rings is 1. The molecule has 0 radical (unpaired) electrons. The van der Waals surface area contributed by atoms with E-state index in [9.17, 15) is 0 Å². The summed E-state index contributed by atoms with van der Waals surface area (Å²) < 4.78 is 0. The Morgan fingerprint density at radius 3 is 2.11 bits per heavy atom. The Morgan fingerprint density at radius 1 is 1.11 bits per heavy atom. The lowest BCUT2D eigenvalue weighted by molar-refractivity contribution is 1.13. The maximum absolute atomic E-state index is 9.10. The minimum absolute atomic E-state index is 0.0781. The quantitative estimate of drug-likeness (QED) is 0.643. The number of allylic oxidation sites excluding steroid dienone is 2. The van der Waals surface area contributed by atoms with E-state index in [0.717, 1.165) is 5.56 Å². The summed E-state index contributed by atoms with van der Waals surface area (Å²) in [6, 6.07) is 14.4. The van der Waals surface area contributed by atoms with E-state index in [-0.39, 0.29) is 11.3 Å². The summed E-state index contributed by atoms with van der Waals surface area (Å²) in [6.07, 6.45) is 0. The molecule has 0 fully saturated rings. The van der Waals surface area contributed by atoms with Gasteiger partial charge >= 0.3 is 0 Å². The highest BCUT2D eigenvalue weighted by molar-refractivity contribution is 6.11. The lowest BCUT2D eigenvalue weighted by Crippen LogP contribution is -2.12. The Morgan fingerprint density at radius 2 is 1.67 bits per heavy atom. The maximum Gasteiger partial charge on any atom is 0.175 e. The Bertz CT molecular complexity index is 592. The first-order chi connectivity index (χ1) is 8.65. The zero-order valence-electron chi connectivity index (χ0n) is 9.81. The molecule has 0 saturated heterocycles. The lowest BCUT2D eigenvalue weighted by atomic mass is 9.93. The van der Waals surface area contributed by atoms with E-state index < -0.39 is 5.92 Å². The van der Waals surface area contributed by atoms with Crippen molar-refractivity contribution < 1.29 is 0 Å². The molecule has 4 nitrogen and oxygen atoms in total. The third kappa shape index (κ3) is 2.61. The van der Waals surface area contributed by atoms with Gasteiger partial charge in [0, 0.05) is 0 Å².